The Morgan fingerprint density at radius 2 is 2.18 bits per heavy atom. The average molecular weight is 248 g/mol. The van der Waals surface area contributed by atoms with Gasteiger partial charge in [-0.1, -0.05) is 12.1 Å². The first-order valence-corrected chi connectivity index (χ1v) is 6.10. The third-order valence-corrected chi connectivity index (χ3v) is 2.81. The topological polar surface area (TPSA) is 81.1 Å². The van der Waals surface area contributed by atoms with Gasteiger partial charge in [-0.15, -0.1) is 22.0 Å². The van der Waals surface area contributed by atoms with Gasteiger partial charge in [0.25, 0.3) is 5.95 Å². The molecule has 0 fully saturated rings. The van der Waals surface area contributed by atoms with E-state index in [1.165, 1.54) is 15.9 Å². The molecule has 6 nitrogen and oxygen atoms in total. The second-order valence-electron chi connectivity index (χ2n) is 3.20. The number of nitrogens with zero attached hydrogens (tertiary/aromatic N) is 4. The highest BCUT2D eigenvalue weighted by Gasteiger charge is 1.96. The molecule has 0 aliphatic carbocycles. The molecule has 0 aliphatic heterocycles. The van der Waals surface area contributed by atoms with Crippen molar-refractivity contribution in [3.8, 4) is 0 Å². The van der Waals surface area contributed by atoms with Crippen molar-refractivity contribution in [2.45, 2.75) is 4.90 Å². The summed E-state index contributed by atoms with van der Waals surface area (Å²) in [5.41, 5.74) is 3.70. The molecule has 0 atom stereocenters. The summed E-state index contributed by atoms with van der Waals surface area (Å²) in [6.45, 7) is 0. The van der Waals surface area contributed by atoms with E-state index in [4.69, 9.17) is 5.84 Å². The monoisotopic (exact) mass is 248 g/mol. The average Bonchev–Trinajstić information content (AvgIpc) is 2.76. The molecule has 3 N–H and O–H groups in total. The Balaban J connectivity index is 1.98. The highest BCUT2D eigenvalue weighted by Crippen LogP contribution is 2.13. The Kier molecular flexibility index (Phi) is 3.61. The van der Waals surface area contributed by atoms with Gasteiger partial charge in [-0.05, 0) is 24.0 Å². The zero-order valence-corrected chi connectivity index (χ0v) is 10.1. The number of nitrogens with one attached hydrogen (secondary N) is 1. The van der Waals surface area contributed by atoms with E-state index < -0.39 is 0 Å². The molecule has 2 rings (SSSR count). The second-order valence-corrected chi connectivity index (χ2v) is 4.08. The van der Waals surface area contributed by atoms with Crippen LogP contribution < -0.4 is 11.3 Å². The van der Waals surface area contributed by atoms with Crippen LogP contribution in [0.2, 0.25) is 0 Å². The minimum absolute atomic E-state index is 0.391. The van der Waals surface area contributed by atoms with Gasteiger partial charge in [0, 0.05) is 4.90 Å². The van der Waals surface area contributed by atoms with Crippen LogP contribution in [-0.2, 0) is 0 Å². The van der Waals surface area contributed by atoms with Gasteiger partial charge in [-0.2, -0.15) is 5.10 Å². The molecule has 0 aliphatic rings. The molecule has 7 heteroatoms. The van der Waals surface area contributed by atoms with Crippen LogP contribution in [0.15, 0.2) is 40.6 Å². The summed E-state index contributed by atoms with van der Waals surface area (Å²) in [5.74, 6) is 5.90. The molecule has 0 unspecified atom stereocenters. The van der Waals surface area contributed by atoms with Crippen molar-refractivity contribution in [3.05, 3.63) is 36.2 Å². The van der Waals surface area contributed by atoms with Crippen LogP contribution >= 0.6 is 11.8 Å². The van der Waals surface area contributed by atoms with Gasteiger partial charge in [0.2, 0.25) is 0 Å². The molecule has 1 heterocycles. The predicted octanol–water partition coefficient (Wildman–Crippen LogP) is 1.16. The maximum Gasteiger partial charge on any atom is 0.263 e. The lowest BCUT2D eigenvalue weighted by atomic mass is 10.2. The van der Waals surface area contributed by atoms with Crippen molar-refractivity contribution in [2.75, 3.05) is 17.5 Å². The van der Waals surface area contributed by atoms with Crippen LogP contribution in [0.1, 0.15) is 5.56 Å². The lowest BCUT2D eigenvalue weighted by Gasteiger charge is -1.98. The Labute approximate surface area is 103 Å². The molecule has 0 amide bonds. The predicted molar refractivity (Wildman–Crippen MR) is 69.6 cm³/mol. The first-order valence-electron chi connectivity index (χ1n) is 4.88. The summed E-state index contributed by atoms with van der Waals surface area (Å²) < 4.78 is 1.26. The van der Waals surface area contributed by atoms with Crippen molar-refractivity contribution in [2.24, 2.45) is 5.10 Å². The summed E-state index contributed by atoms with van der Waals surface area (Å²) in [7, 11) is 0. The van der Waals surface area contributed by atoms with E-state index in [0.717, 1.165) is 5.56 Å². The molecular formula is C10H12N6S. The van der Waals surface area contributed by atoms with Gasteiger partial charge in [0.15, 0.2) is 0 Å². The van der Waals surface area contributed by atoms with Gasteiger partial charge in [-0.3, -0.25) is 0 Å². The number of thioether (sulfide) groups is 1. The van der Waals surface area contributed by atoms with Crippen LogP contribution in [-0.4, -0.2) is 27.3 Å². The first-order chi connectivity index (χ1) is 8.29. The molecule has 88 valence electrons. The Morgan fingerprint density at radius 3 is 2.76 bits per heavy atom. The quantitative estimate of drug-likeness (QED) is 0.367. The maximum absolute atomic E-state index is 5.51. The van der Waals surface area contributed by atoms with E-state index in [1.54, 1.807) is 18.0 Å². The number of anilines is 1. The molecule has 0 saturated heterocycles. The number of hydrogen-bond acceptors (Lipinski definition) is 6. The maximum atomic E-state index is 5.51. The molecule has 1 aromatic carbocycles. The second kappa shape index (κ2) is 5.35. The minimum atomic E-state index is 0.391. The fourth-order valence-corrected chi connectivity index (χ4v) is 1.59. The van der Waals surface area contributed by atoms with Crippen LogP contribution in [0.3, 0.4) is 0 Å². The van der Waals surface area contributed by atoms with Gasteiger partial charge >= 0.3 is 0 Å². The number of hydrazone groups is 1. The first kappa shape index (κ1) is 11.5. The van der Waals surface area contributed by atoms with E-state index in [9.17, 15) is 0 Å². The Morgan fingerprint density at radius 1 is 1.41 bits per heavy atom. The van der Waals surface area contributed by atoms with Crippen LogP contribution in [0.4, 0.5) is 5.95 Å². The highest BCUT2D eigenvalue weighted by molar-refractivity contribution is 7.98. The highest BCUT2D eigenvalue weighted by atomic mass is 32.2. The number of nitrogens with two attached hydrogens (primary N) is 1. The molecule has 17 heavy (non-hydrogen) atoms. The summed E-state index contributed by atoms with van der Waals surface area (Å²) in [6.07, 6.45) is 5.13. The van der Waals surface area contributed by atoms with Crippen molar-refractivity contribution in [3.63, 3.8) is 0 Å². The summed E-state index contributed by atoms with van der Waals surface area (Å²) in [4.78, 5) is 1.22. The van der Waals surface area contributed by atoms with Crippen molar-refractivity contribution in [1.29, 1.82) is 0 Å². The zero-order chi connectivity index (χ0) is 12.1. The molecule has 0 radical (unpaired) electrons. The number of rotatable bonds is 4. The molecule has 0 spiro atoms. The van der Waals surface area contributed by atoms with Crippen molar-refractivity contribution in [1.82, 2.24) is 14.9 Å². The number of benzene rings is 1. The van der Waals surface area contributed by atoms with Gasteiger partial charge in [0.05, 0.1) is 6.21 Å². The Hall–Kier alpha value is -2.02. The SMILES string of the molecule is CSc1ccc(C=NNc2nncn2N)cc1. The van der Waals surface area contributed by atoms with Gasteiger partial charge < -0.3 is 5.84 Å². The van der Waals surface area contributed by atoms with Crippen LogP contribution in [0.25, 0.3) is 0 Å². The van der Waals surface area contributed by atoms with Crippen molar-refractivity contribution >= 4 is 23.9 Å². The lowest BCUT2D eigenvalue weighted by molar-refractivity contribution is 0.988. The molecule has 2 aromatic rings. The van der Waals surface area contributed by atoms with E-state index >= 15 is 0 Å². The number of aromatic nitrogens is 3. The standard InChI is InChI=1S/C10H12N6S/c1-17-9-4-2-8(3-5-9)6-12-14-10-15-13-7-16(10)11/h2-7H,11H2,1H3,(H,14,15). The zero-order valence-electron chi connectivity index (χ0n) is 9.24. The third kappa shape index (κ3) is 2.97. The largest absolute Gasteiger partial charge is 0.335 e. The van der Waals surface area contributed by atoms with E-state index in [0.29, 0.717) is 5.95 Å². The molecule has 0 saturated carbocycles. The van der Waals surface area contributed by atoms with Crippen molar-refractivity contribution < 1.29 is 0 Å². The number of nitrogen functional groups attached to an aromatic ring is 1. The third-order valence-electron chi connectivity index (χ3n) is 2.07. The van der Waals surface area contributed by atoms with Crippen LogP contribution in [0.5, 0.6) is 0 Å². The van der Waals surface area contributed by atoms with E-state index in [-0.39, 0.29) is 0 Å². The summed E-state index contributed by atoms with van der Waals surface area (Å²) in [5, 5.41) is 11.4. The molecular weight excluding hydrogens is 236 g/mol. The lowest BCUT2D eigenvalue weighted by Crippen LogP contribution is -2.10. The van der Waals surface area contributed by atoms with Gasteiger partial charge in [0.1, 0.15) is 6.33 Å². The molecule has 0 bridgehead atoms. The minimum Gasteiger partial charge on any atom is -0.335 e. The van der Waals surface area contributed by atoms with Gasteiger partial charge in [-0.25, -0.2) is 10.1 Å². The van der Waals surface area contributed by atoms with E-state index in [2.05, 4.69) is 20.7 Å². The Bertz CT molecular complexity index is 504. The van der Waals surface area contributed by atoms with Crippen LogP contribution in [0, 0.1) is 0 Å². The van der Waals surface area contributed by atoms with E-state index in [1.807, 2.05) is 30.5 Å². The smallest absolute Gasteiger partial charge is 0.263 e. The summed E-state index contributed by atoms with van der Waals surface area (Å²) >= 11 is 1.70. The normalized spacial score (nSPS) is 10.9. The number of hydrogen-bond donors (Lipinski definition) is 2. The fraction of sp³-hybridized carbons (Fsp3) is 0.100. The summed E-state index contributed by atoms with van der Waals surface area (Å²) in [6, 6.07) is 8.06. The molecule has 1 aromatic heterocycles. The fourth-order valence-electron chi connectivity index (χ4n) is 1.18.